The van der Waals surface area contributed by atoms with Crippen LogP contribution in [-0.4, -0.2) is 17.7 Å². The Hall–Kier alpha value is -1.65. The van der Waals surface area contributed by atoms with Crippen molar-refractivity contribution in [1.29, 1.82) is 0 Å². The molecule has 0 bridgehead atoms. The van der Waals surface area contributed by atoms with Crippen molar-refractivity contribution in [2.24, 2.45) is 5.92 Å². The Morgan fingerprint density at radius 2 is 1.52 bits per heavy atom. The standard InChI is InChI=1S/C16H24O5/c1-2-3-9-12(15(18)19)13(16(20)21)10-14(17)11-7-5-4-6-8-11/h11H,2-10H2,1H3,(H,18,19)(H,20,21)/p-2/b13-12+. The molecule has 0 amide bonds. The maximum atomic E-state index is 12.2. The van der Waals surface area contributed by atoms with Crippen LogP contribution in [0.5, 0.6) is 0 Å². The van der Waals surface area contributed by atoms with Crippen LogP contribution in [0.3, 0.4) is 0 Å². The van der Waals surface area contributed by atoms with Gasteiger partial charge in [-0.25, -0.2) is 0 Å². The van der Waals surface area contributed by atoms with E-state index in [4.69, 9.17) is 0 Å². The number of unbranched alkanes of at least 4 members (excludes halogenated alkanes) is 1. The summed E-state index contributed by atoms with van der Waals surface area (Å²) in [6, 6.07) is 0. The first-order valence-electron chi connectivity index (χ1n) is 7.64. The second kappa shape index (κ2) is 8.60. The van der Waals surface area contributed by atoms with E-state index in [1.165, 1.54) is 0 Å². The van der Waals surface area contributed by atoms with Crippen molar-refractivity contribution in [1.82, 2.24) is 0 Å². The summed E-state index contributed by atoms with van der Waals surface area (Å²) in [4.78, 5) is 34.5. The first-order chi connectivity index (χ1) is 9.97. The van der Waals surface area contributed by atoms with Gasteiger partial charge in [0.1, 0.15) is 5.78 Å². The molecular weight excluding hydrogens is 272 g/mol. The summed E-state index contributed by atoms with van der Waals surface area (Å²) in [5.41, 5.74) is -0.694. The van der Waals surface area contributed by atoms with Crippen LogP contribution in [0.1, 0.15) is 64.7 Å². The molecular formula is C16H22O5-2. The first kappa shape index (κ1) is 17.4. The molecule has 0 aliphatic heterocycles. The second-order valence-electron chi connectivity index (χ2n) is 5.61. The molecule has 5 heteroatoms. The zero-order chi connectivity index (χ0) is 15.8. The lowest BCUT2D eigenvalue weighted by atomic mass is 9.83. The molecule has 0 aromatic rings. The number of Topliss-reactive ketones (excluding diaryl/α,β-unsaturated/α-hetero) is 1. The Kier molecular flexibility index (Phi) is 7.12. The van der Waals surface area contributed by atoms with Gasteiger partial charge in [0.2, 0.25) is 0 Å². The third kappa shape index (κ3) is 5.33. The second-order valence-corrected chi connectivity index (χ2v) is 5.61. The van der Waals surface area contributed by atoms with Crippen molar-refractivity contribution in [3.63, 3.8) is 0 Å². The van der Waals surface area contributed by atoms with Crippen molar-refractivity contribution in [2.45, 2.75) is 64.7 Å². The van der Waals surface area contributed by atoms with Crippen LogP contribution in [-0.2, 0) is 14.4 Å². The maximum Gasteiger partial charge on any atom is 0.140 e. The largest absolute Gasteiger partial charge is 0.545 e. The van der Waals surface area contributed by atoms with E-state index in [9.17, 15) is 24.6 Å². The van der Waals surface area contributed by atoms with E-state index in [1.807, 2.05) is 6.92 Å². The highest BCUT2D eigenvalue weighted by molar-refractivity contribution is 6.01. The molecule has 0 saturated heterocycles. The summed E-state index contributed by atoms with van der Waals surface area (Å²) >= 11 is 0. The predicted molar refractivity (Wildman–Crippen MR) is 72.8 cm³/mol. The number of carboxylic acid groups (broad SMARTS) is 2. The van der Waals surface area contributed by atoms with Crippen LogP contribution >= 0.6 is 0 Å². The lowest BCUT2D eigenvalue weighted by Gasteiger charge is -2.22. The minimum Gasteiger partial charge on any atom is -0.545 e. The molecule has 0 aromatic heterocycles. The molecule has 0 spiro atoms. The number of aliphatic carboxylic acids is 2. The molecule has 0 aromatic carbocycles. The average Bonchev–Trinajstić information content (AvgIpc) is 2.46. The fraction of sp³-hybridized carbons (Fsp3) is 0.688. The highest BCUT2D eigenvalue weighted by atomic mass is 16.4. The van der Waals surface area contributed by atoms with Crippen molar-refractivity contribution < 1.29 is 24.6 Å². The van der Waals surface area contributed by atoms with E-state index in [0.717, 1.165) is 38.5 Å². The monoisotopic (exact) mass is 294 g/mol. The molecule has 0 atom stereocenters. The number of hydrogen-bond acceptors (Lipinski definition) is 5. The van der Waals surface area contributed by atoms with Gasteiger partial charge < -0.3 is 19.8 Å². The summed E-state index contributed by atoms with van der Waals surface area (Å²) < 4.78 is 0. The van der Waals surface area contributed by atoms with E-state index >= 15 is 0 Å². The van der Waals surface area contributed by atoms with Gasteiger partial charge in [-0.15, -0.1) is 0 Å². The lowest BCUT2D eigenvalue weighted by Crippen LogP contribution is -2.33. The van der Waals surface area contributed by atoms with E-state index < -0.39 is 17.5 Å². The number of rotatable bonds is 8. The number of carbonyl (C=O) groups is 3. The third-order valence-electron chi connectivity index (χ3n) is 4.05. The van der Waals surface area contributed by atoms with E-state index in [-0.39, 0.29) is 30.1 Å². The van der Waals surface area contributed by atoms with Gasteiger partial charge in [-0.2, -0.15) is 0 Å². The Balaban J connectivity index is 2.90. The highest BCUT2D eigenvalue weighted by Crippen LogP contribution is 2.27. The molecule has 0 radical (unpaired) electrons. The number of ketones is 1. The van der Waals surface area contributed by atoms with Gasteiger partial charge >= 0.3 is 0 Å². The molecule has 1 aliphatic rings. The van der Waals surface area contributed by atoms with Crippen molar-refractivity contribution in [3.05, 3.63) is 11.1 Å². The summed E-state index contributed by atoms with van der Waals surface area (Å²) in [5.74, 6) is -3.43. The number of carboxylic acids is 2. The Bertz CT molecular complexity index is 430. The lowest BCUT2D eigenvalue weighted by molar-refractivity contribution is -0.304. The zero-order valence-electron chi connectivity index (χ0n) is 12.5. The molecule has 1 fully saturated rings. The maximum absolute atomic E-state index is 12.2. The molecule has 1 rings (SSSR count). The number of hydrogen-bond donors (Lipinski definition) is 0. The van der Waals surface area contributed by atoms with E-state index in [1.54, 1.807) is 0 Å². The fourth-order valence-corrected chi connectivity index (χ4v) is 2.77. The first-order valence-corrected chi connectivity index (χ1v) is 7.64. The minimum atomic E-state index is -1.57. The quantitative estimate of drug-likeness (QED) is 0.608. The highest BCUT2D eigenvalue weighted by Gasteiger charge is 2.23. The van der Waals surface area contributed by atoms with Gasteiger partial charge in [0.05, 0.1) is 11.9 Å². The van der Waals surface area contributed by atoms with Crippen LogP contribution in [0, 0.1) is 5.92 Å². The topological polar surface area (TPSA) is 97.3 Å². The summed E-state index contributed by atoms with van der Waals surface area (Å²) in [5, 5.41) is 22.4. The van der Waals surface area contributed by atoms with Gasteiger partial charge in [-0.3, -0.25) is 4.79 Å². The minimum absolute atomic E-state index is 0.0973. The average molecular weight is 294 g/mol. The predicted octanol–water partition coefficient (Wildman–Crippen LogP) is 0.512. The van der Waals surface area contributed by atoms with E-state index in [2.05, 4.69) is 0 Å². The summed E-state index contributed by atoms with van der Waals surface area (Å²) in [7, 11) is 0. The van der Waals surface area contributed by atoms with Crippen LogP contribution in [0.25, 0.3) is 0 Å². The van der Waals surface area contributed by atoms with Crippen LogP contribution in [0.15, 0.2) is 11.1 Å². The molecule has 0 N–H and O–H groups in total. The van der Waals surface area contributed by atoms with Crippen molar-refractivity contribution >= 4 is 17.7 Å². The molecule has 0 unspecified atom stereocenters. The normalized spacial score (nSPS) is 17.2. The van der Waals surface area contributed by atoms with Gasteiger partial charge in [0.25, 0.3) is 0 Å². The summed E-state index contributed by atoms with van der Waals surface area (Å²) in [6.07, 6.45) is 5.54. The molecule has 21 heavy (non-hydrogen) atoms. The van der Waals surface area contributed by atoms with Crippen molar-refractivity contribution in [2.75, 3.05) is 0 Å². The van der Waals surface area contributed by atoms with Crippen LogP contribution < -0.4 is 10.2 Å². The van der Waals surface area contributed by atoms with Crippen LogP contribution in [0.2, 0.25) is 0 Å². The zero-order valence-corrected chi connectivity index (χ0v) is 12.5. The van der Waals surface area contributed by atoms with Gasteiger partial charge in [-0.05, 0) is 36.8 Å². The molecule has 1 saturated carbocycles. The Morgan fingerprint density at radius 1 is 0.952 bits per heavy atom. The van der Waals surface area contributed by atoms with Crippen LogP contribution in [0.4, 0.5) is 0 Å². The van der Waals surface area contributed by atoms with Gasteiger partial charge in [0, 0.05) is 12.3 Å². The molecule has 5 nitrogen and oxygen atoms in total. The smallest absolute Gasteiger partial charge is 0.140 e. The van der Waals surface area contributed by atoms with Crippen molar-refractivity contribution in [3.8, 4) is 0 Å². The molecule has 1 aliphatic carbocycles. The molecule has 118 valence electrons. The van der Waals surface area contributed by atoms with Gasteiger partial charge in [-0.1, -0.05) is 32.6 Å². The fourth-order valence-electron chi connectivity index (χ4n) is 2.77. The van der Waals surface area contributed by atoms with E-state index in [0.29, 0.717) is 6.42 Å². The van der Waals surface area contributed by atoms with Gasteiger partial charge in [0.15, 0.2) is 0 Å². The number of carbonyl (C=O) groups excluding carboxylic acids is 3. The molecule has 0 heterocycles. The Labute approximate surface area is 125 Å². The Morgan fingerprint density at radius 3 is 2.00 bits per heavy atom. The summed E-state index contributed by atoms with van der Waals surface area (Å²) in [6.45, 7) is 1.87. The third-order valence-corrected chi connectivity index (χ3v) is 4.05. The SMILES string of the molecule is CCCC/C(C(=O)[O-])=C(/CC(=O)C1CCCCC1)C(=O)[O-].